The van der Waals surface area contributed by atoms with Gasteiger partial charge in [0.05, 0.1) is 6.21 Å². The van der Waals surface area contributed by atoms with Gasteiger partial charge in [-0.2, -0.15) is 5.10 Å². The molecular weight excluding hydrogens is 422 g/mol. The lowest BCUT2D eigenvalue weighted by Crippen LogP contribution is -2.32. The summed E-state index contributed by atoms with van der Waals surface area (Å²) in [7, 11) is 0. The van der Waals surface area contributed by atoms with E-state index < -0.39 is 11.8 Å². The molecule has 4 rings (SSSR count). The number of nitrogens with zero attached hydrogens (tertiary/aromatic N) is 1. The van der Waals surface area contributed by atoms with Gasteiger partial charge in [-0.15, -0.1) is 0 Å². The van der Waals surface area contributed by atoms with Crippen LogP contribution < -0.4 is 20.2 Å². The zero-order valence-corrected chi connectivity index (χ0v) is 17.7. The number of hydrogen-bond donors (Lipinski definition) is 3. The van der Waals surface area contributed by atoms with Gasteiger partial charge in [0.2, 0.25) is 6.79 Å². The normalized spacial score (nSPS) is 12.6. The van der Waals surface area contributed by atoms with E-state index in [4.69, 9.17) is 9.47 Å². The Bertz CT molecular complexity index is 1250. The highest BCUT2D eigenvalue weighted by Crippen LogP contribution is 2.33. The number of fused-ring (bicyclic) bond motifs is 1. The number of carbonyl (C=O) groups excluding carboxylic acids is 2. The summed E-state index contributed by atoms with van der Waals surface area (Å²) in [4.78, 5) is 25.5. The number of aryl methyl sites for hydroxylation is 1. The Morgan fingerprint density at radius 1 is 1.00 bits per heavy atom. The van der Waals surface area contributed by atoms with Gasteiger partial charge in [0.1, 0.15) is 11.4 Å². The second-order valence-electron chi connectivity index (χ2n) is 7.20. The number of phenols is 1. The van der Waals surface area contributed by atoms with Crippen LogP contribution in [0.1, 0.15) is 27.0 Å². The number of para-hydroxylation sites is 1. The Balaban J connectivity index is 1.57. The molecular formula is C25H21N3O5. The zero-order chi connectivity index (χ0) is 23.2. The van der Waals surface area contributed by atoms with Crippen LogP contribution in [0.25, 0.3) is 6.08 Å². The van der Waals surface area contributed by atoms with Crippen LogP contribution >= 0.6 is 0 Å². The highest BCUT2D eigenvalue weighted by atomic mass is 16.7. The Kier molecular flexibility index (Phi) is 6.36. The molecule has 1 heterocycles. The summed E-state index contributed by atoms with van der Waals surface area (Å²) in [5, 5.41) is 16.7. The number of nitrogens with one attached hydrogen (secondary N) is 2. The third-order valence-electron chi connectivity index (χ3n) is 4.88. The van der Waals surface area contributed by atoms with Crippen molar-refractivity contribution in [3.05, 3.63) is 94.7 Å². The van der Waals surface area contributed by atoms with Crippen LogP contribution in [0.2, 0.25) is 0 Å². The van der Waals surface area contributed by atoms with Crippen LogP contribution in [0, 0.1) is 6.92 Å². The summed E-state index contributed by atoms with van der Waals surface area (Å²) < 4.78 is 10.7. The number of rotatable bonds is 6. The highest BCUT2D eigenvalue weighted by Gasteiger charge is 2.17. The monoisotopic (exact) mass is 443 g/mol. The van der Waals surface area contributed by atoms with Gasteiger partial charge >= 0.3 is 0 Å². The quantitative estimate of drug-likeness (QED) is 0.308. The molecule has 0 radical (unpaired) electrons. The molecule has 0 atom stereocenters. The zero-order valence-electron chi connectivity index (χ0n) is 17.7. The maximum atomic E-state index is 12.9. The van der Waals surface area contributed by atoms with Crippen molar-refractivity contribution >= 4 is 24.1 Å². The standard InChI is InChI=1S/C25H21N3O5/c1-16-6-5-9-19(23(16)29)14-26-28-25(31)20(27-24(30)18-7-3-2-4-8-18)12-17-10-11-21-22(13-17)33-15-32-21/h2-14,29H,15H2,1H3,(H,27,30)(H,28,31)/b20-12?,26-14+. The first-order valence-electron chi connectivity index (χ1n) is 10.1. The summed E-state index contributed by atoms with van der Waals surface area (Å²) in [5.74, 6) is 0.141. The second kappa shape index (κ2) is 9.69. The molecule has 8 heteroatoms. The molecule has 0 bridgehead atoms. The number of hydrogen-bond acceptors (Lipinski definition) is 6. The van der Waals surface area contributed by atoms with Crippen molar-refractivity contribution in [2.45, 2.75) is 6.92 Å². The van der Waals surface area contributed by atoms with Crippen molar-refractivity contribution in [3.8, 4) is 17.2 Å². The first-order valence-corrected chi connectivity index (χ1v) is 10.1. The number of aromatic hydroxyl groups is 1. The van der Waals surface area contributed by atoms with E-state index in [2.05, 4.69) is 15.8 Å². The number of benzene rings is 3. The van der Waals surface area contributed by atoms with Crippen molar-refractivity contribution < 1.29 is 24.2 Å². The second-order valence-corrected chi connectivity index (χ2v) is 7.20. The minimum atomic E-state index is -0.639. The lowest BCUT2D eigenvalue weighted by molar-refractivity contribution is -0.117. The summed E-state index contributed by atoms with van der Waals surface area (Å²) in [5.41, 5.74) is 4.52. The summed E-state index contributed by atoms with van der Waals surface area (Å²) in [6, 6.07) is 18.9. The smallest absolute Gasteiger partial charge is 0.287 e. The third-order valence-corrected chi connectivity index (χ3v) is 4.88. The van der Waals surface area contributed by atoms with E-state index in [9.17, 15) is 14.7 Å². The van der Waals surface area contributed by atoms with E-state index in [1.165, 1.54) is 12.3 Å². The molecule has 0 unspecified atom stereocenters. The number of ether oxygens (including phenoxy) is 2. The number of hydrazone groups is 1. The predicted molar refractivity (Wildman–Crippen MR) is 123 cm³/mol. The number of phenolic OH excluding ortho intramolecular Hbond substituents is 1. The van der Waals surface area contributed by atoms with Crippen molar-refractivity contribution in [1.82, 2.24) is 10.7 Å². The van der Waals surface area contributed by atoms with Gasteiger partial charge in [0.25, 0.3) is 11.8 Å². The molecule has 3 aromatic carbocycles. The largest absolute Gasteiger partial charge is 0.507 e. The summed E-state index contributed by atoms with van der Waals surface area (Å²) in [6.07, 6.45) is 2.84. The SMILES string of the molecule is Cc1cccc(/C=N/NC(=O)C(=Cc2ccc3c(c2)OCO3)NC(=O)c2ccccc2)c1O. The lowest BCUT2D eigenvalue weighted by Gasteiger charge is -2.09. The fourth-order valence-corrected chi connectivity index (χ4v) is 3.12. The van der Waals surface area contributed by atoms with Gasteiger partial charge in [-0.1, -0.05) is 36.4 Å². The minimum absolute atomic E-state index is 0.0201. The Hall–Kier alpha value is -4.59. The molecule has 0 saturated heterocycles. The maximum Gasteiger partial charge on any atom is 0.287 e. The van der Waals surface area contributed by atoms with Gasteiger partial charge < -0.3 is 19.9 Å². The minimum Gasteiger partial charge on any atom is -0.507 e. The molecule has 0 aliphatic carbocycles. The topological polar surface area (TPSA) is 109 Å². The van der Waals surface area contributed by atoms with Crippen LogP contribution in [-0.2, 0) is 4.79 Å². The Morgan fingerprint density at radius 2 is 1.79 bits per heavy atom. The van der Waals surface area contributed by atoms with Gasteiger partial charge in [-0.3, -0.25) is 9.59 Å². The van der Waals surface area contributed by atoms with Gasteiger partial charge in [-0.05, 0) is 54.5 Å². The first kappa shape index (κ1) is 21.6. The van der Waals surface area contributed by atoms with Crippen LogP contribution in [0.5, 0.6) is 17.2 Å². The third kappa shape index (κ3) is 5.19. The Morgan fingerprint density at radius 3 is 2.61 bits per heavy atom. The Labute approximate surface area is 190 Å². The molecule has 0 spiro atoms. The molecule has 8 nitrogen and oxygen atoms in total. The van der Waals surface area contributed by atoms with E-state index >= 15 is 0 Å². The molecule has 3 N–H and O–H groups in total. The van der Waals surface area contributed by atoms with E-state index in [-0.39, 0.29) is 18.2 Å². The summed E-state index contributed by atoms with van der Waals surface area (Å²) >= 11 is 0. The van der Waals surface area contributed by atoms with Crippen LogP contribution in [-0.4, -0.2) is 29.9 Å². The molecule has 3 aromatic rings. The average molecular weight is 443 g/mol. The van der Waals surface area contributed by atoms with E-state index in [1.54, 1.807) is 73.7 Å². The number of amides is 2. The predicted octanol–water partition coefficient (Wildman–Crippen LogP) is 3.35. The van der Waals surface area contributed by atoms with Crippen molar-refractivity contribution in [2.75, 3.05) is 6.79 Å². The molecule has 0 aromatic heterocycles. The van der Waals surface area contributed by atoms with E-state index in [0.29, 0.717) is 33.8 Å². The summed E-state index contributed by atoms with van der Waals surface area (Å²) in [6.45, 7) is 1.89. The molecule has 1 aliphatic heterocycles. The van der Waals surface area contributed by atoms with Gasteiger partial charge in [-0.25, -0.2) is 5.43 Å². The number of carbonyl (C=O) groups is 2. The van der Waals surface area contributed by atoms with Crippen LogP contribution in [0.3, 0.4) is 0 Å². The molecule has 0 fully saturated rings. The molecule has 33 heavy (non-hydrogen) atoms. The van der Waals surface area contributed by atoms with Crippen molar-refractivity contribution in [1.29, 1.82) is 0 Å². The first-order chi connectivity index (χ1) is 16.0. The van der Waals surface area contributed by atoms with Crippen LogP contribution in [0.4, 0.5) is 0 Å². The van der Waals surface area contributed by atoms with Crippen molar-refractivity contribution in [2.24, 2.45) is 5.10 Å². The molecule has 166 valence electrons. The maximum absolute atomic E-state index is 12.9. The van der Waals surface area contributed by atoms with Gasteiger partial charge in [0, 0.05) is 11.1 Å². The van der Waals surface area contributed by atoms with E-state index in [1.807, 2.05) is 0 Å². The van der Waals surface area contributed by atoms with Gasteiger partial charge in [0.15, 0.2) is 11.5 Å². The lowest BCUT2D eigenvalue weighted by atomic mass is 10.1. The highest BCUT2D eigenvalue weighted by molar-refractivity contribution is 6.05. The van der Waals surface area contributed by atoms with Crippen LogP contribution in [0.15, 0.2) is 77.5 Å². The average Bonchev–Trinajstić information content (AvgIpc) is 3.30. The van der Waals surface area contributed by atoms with Crippen molar-refractivity contribution in [3.63, 3.8) is 0 Å². The fourth-order valence-electron chi connectivity index (χ4n) is 3.12. The molecule has 1 aliphatic rings. The molecule has 2 amide bonds. The molecule has 0 saturated carbocycles. The van der Waals surface area contributed by atoms with E-state index in [0.717, 1.165) is 0 Å². The fraction of sp³-hybridized carbons (Fsp3) is 0.0800.